The van der Waals surface area contributed by atoms with Crippen molar-refractivity contribution in [2.45, 2.75) is 79.1 Å². The molecule has 0 N–H and O–H groups in total. The number of aryl methyl sites for hydroxylation is 2. The van der Waals surface area contributed by atoms with Crippen LogP contribution in [-0.4, -0.2) is 47.0 Å². The molecule has 4 rings (SSSR count). The van der Waals surface area contributed by atoms with Crippen molar-refractivity contribution in [3.8, 4) is 0 Å². The van der Waals surface area contributed by atoms with Crippen molar-refractivity contribution in [3.05, 3.63) is 16.3 Å². The highest BCUT2D eigenvalue weighted by atomic mass is 32.1. The SMILES string of the molecule is CC(C)c1nc(N2CCN(C(=O)CC(C)(C)C)CC2)c2c3c(sc2n1)CCCCC3. The molecule has 0 unspecified atom stereocenters. The van der Waals surface area contributed by atoms with Crippen LogP contribution in [0.2, 0.25) is 0 Å². The van der Waals surface area contributed by atoms with Crippen LogP contribution in [0.25, 0.3) is 10.2 Å². The van der Waals surface area contributed by atoms with E-state index >= 15 is 0 Å². The Morgan fingerprint density at radius 3 is 2.40 bits per heavy atom. The number of hydrogen-bond donors (Lipinski definition) is 0. The molecule has 30 heavy (non-hydrogen) atoms. The summed E-state index contributed by atoms with van der Waals surface area (Å²) >= 11 is 1.89. The minimum atomic E-state index is 0.0352. The van der Waals surface area contributed by atoms with Crippen LogP contribution in [0.15, 0.2) is 0 Å². The standard InChI is InChI=1S/C24H36N4OS/c1-16(2)21-25-22(20-17-9-7-6-8-10-18(17)30-23(20)26-21)28-13-11-27(12-14-28)19(29)15-24(3,4)5/h16H,6-15H2,1-5H3. The van der Waals surface area contributed by atoms with E-state index in [4.69, 9.17) is 9.97 Å². The number of aromatic nitrogens is 2. The number of carbonyl (C=O) groups excluding carboxylic acids is 1. The summed E-state index contributed by atoms with van der Waals surface area (Å²) in [5.74, 6) is 2.65. The van der Waals surface area contributed by atoms with Gasteiger partial charge in [-0.25, -0.2) is 9.97 Å². The van der Waals surface area contributed by atoms with Crippen LogP contribution in [0.3, 0.4) is 0 Å². The van der Waals surface area contributed by atoms with E-state index in [9.17, 15) is 4.79 Å². The number of rotatable bonds is 3. The highest BCUT2D eigenvalue weighted by Crippen LogP contribution is 2.40. The van der Waals surface area contributed by atoms with Crippen molar-refractivity contribution in [3.63, 3.8) is 0 Å². The Hall–Kier alpha value is -1.69. The minimum absolute atomic E-state index is 0.0352. The van der Waals surface area contributed by atoms with Crippen molar-refractivity contribution in [2.75, 3.05) is 31.1 Å². The molecular formula is C24H36N4OS. The third-order valence-electron chi connectivity index (χ3n) is 6.19. The average molecular weight is 429 g/mol. The Balaban J connectivity index is 1.63. The number of nitrogens with zero attached hydrogens (tertiary/aromatic N) is 4. The molecule has 0 saturated carbocycles. The van der Waals surface area contributed by atoms with E-state index in [2.05, 4.69) is 39.5 Å². The van der Waals surface area contributed by atoms with Gasteiger partial charge in [0.1, 0.15) is 16.5 Å². The van der Waals surface area contributed by atoms with E-state index in [-0.39, 0.29) is 11.3 Å². The van der Waals surface area contributed by atoms with Crippen LogP contribution < -0.4 is 4.90 Å². The third-order valence-corrected chi connectivity index (χ3v) is 7.38. The molecule has 2 aromatic heterocycles. The maximum Gasteiger partial charge on any atom is 0.223 e. The molecule has 1 amide bonds. The zero-order valence-electron chi connectivity index (χ0n) is 19.3. The zero-order valence-corrected chi connectivity index (χ0v) is 20.1. The average Bonchev–Trinajstić information content (AvgIpc) is 2.87. The molecule has 0 bridgehead atoms. The van der Waals surface area contributed by atoms with Gasteiger partial charge < -0.3 is 9.80 Å². The number of hydrogen-bond acceptors (Lipinski definition) is 5. The van der Waals surface area contributed by atoms with Crippen molar-refractivity contribution in [2.24, 2.45) is 5.41 Å². The number of thiophene rings is 1. The van der Waals surface area contributed by atoms with Gasteiger partial charge in [-0.1, -0.05) is 41.0 Å². The molecular weight excluding hydrogens is 392 g/mol. The van der Waals surface area contributed by atoms with Crippen LogP contribution in [0.4, 0.5) is 5.82 Å². The van der Waals surface area contributed by atoms with Crippen molar-refractivity contribution >= 4 is 33.3 Å². The lowest BCUT2D eigenvalue weighted by atomic mass is 9.91. The lowest BCUT2D eigenvalue weighted by Crippen LogP contribution is -2.49. The van der Waals surface area contributed by atoms with Gasteiger partial charge in [-0.2, -0.15) is 0 Å². The van der Waals surface area contributed by atoms with E-state index in [0.29, 0.717) is 12.3 Å². The van der Waals surface area contributed by atoms with E-state index in [0.717, 1.165) is 44.2 Å². The van der Waals surface area contributed by atoms with E-state index < -0.39 is 0 Å². The molecule has 0 atom stereocenters. The fourth-order valence-electron chi connectivity index (χ4n) is 4.55. The summed E-state index contributed by atoms with van der Waals surface area (Å²) in [5.41, 5.74) is 1.54. The molecule has 0 aromatic carbocycles. The summed E-state index contributed by atoms with van der Waals surface area (Å²) in [6.07, 6.45) is 6.81. The Morgan fingerprint density at radius 1 is 1.03 bits per heavy atom. The highest BCUT2D eigenvalue weighted by Gasteiger charge is 2.28. The Bertz CT molecular complexity index is 919. The van der Waals surface area contributed by atoms with E-state index in [1.54, 1.807) is 0 Å². The molecule has 1 aliphatic carbocycles. The molecule has 164 valence electrons. The lowest BCUT2D eigenvalue weighted by molar-refractivity contribution is -0.133. The van der Waals surface area contributed by atoms with Gasteiger partial charge in [-0.05, 0) is 36.7 Å². The van der Waals surface area contributed by atoms with Gasteiger partial charge in [0, 0.05) is 43.4 Å². The van der Waals surface area contributed by atoms with Crippen LogP contribution in [0.1, 0.15) is 82.5 Å². The molecule has 3 heterocycles. The fourth-order valence-corrected chi connectivity index (χ4v) is 5.81. The molecule has 2 aliphatic rings. The van der Waals surface area contributed by atoms with E-state index in [1.807, 2.05) is 16.2 Å². The first kappa shape index (κ1) is 21.5. The van der Waals surface area contributed by atoms with Gasteiger partial charge in [0.15, 0.2) is 0 Å². The topological polar surface area (TPSA) is 49.3 Å². The Morgan fingerprint density at radius 2 is 1.73 bits per heavy atom. The summed E-state index contributed by atoms with van der Waals surface area (Å²) in [6.45, 7) is 14.0. The second-order valence-electron chi connectivity index (χ2n) is 10.4. The second kappa shape index (κ2) is 8.45. The summed E-state index contributed by atoms with van der Waals surface area (Å²) < 4.78 is 0. The molecule has 5 nitrogen and oxygen atoms in total. The number of amides is 1. The molecule has 1 saturated heterocycles. The summed E-state index contributed by atoms with van der Waals surface area (Å²) in [4.78, 5) is 29.9. The van der Waals surface area contributed by atoms with Gasteiger partial charge in [-0.15, -0.1) is 11.3 Å². The summed E-state index contributed by atoms with van der Waals surface area (Å²) in [6, 6.07) is 0. The number of piperazine rings is 1. The Labute approximate surface area is 184 Å². The highest BCUT2D eigenvalue weighted by molar-refractivity contribution is 7.19. The first-order valence-electron chi connectivity index (χ1n) is 11.6. The maximum atomic E-state index is 12.7. The van der Waals surface area contributed by atoms with Crippen LogP contribution >= 0.6 is 11.3 Å². The number of anilines is 1. The lowest BCUT2D eigenvalue weighted by Gasteiger charge is -2.37. The predicted molar refractivity (Wildman–Crippen MR) is 126 cm³/mol. The first-order chi connectivity index (χ1) is 14.2. The predicted octanol–water partition coefficient (Wildman–Crippen LogP) is 5.17. The number of carbonyl (C=O) groups is 1. The molecule has 0 radical (unpaired) electrons. The normalized spacial score (nSPS) is 18.1. The minimum Gasteiger partial charge on any atom is -0.352 e. The van der Waals surface area contributed by atoms with Gasteiger partial charge in [0.2, 0.25) is 5.91 Å². The van der Waals surface area contributed by atoms with Crippen LogP contribution in [0.5, 0.6) is 0 Å². The Kier molecular flexibility index (Phi) is 6.06. The van der Waals surface area contributed by atoms with Gasteiger partial charge in [0.25, 0.3) is 0 Å². The summed E-state index contributed by atoms with van der Waals surface area (Å²) in [5, 5.41) is 1.30. The van der Waals surface area contributed by atoms with Crippen LogP contribution in [0, 0.1) is 5.41 Å². The van der Waals surface area contributed by atoms with Crippen LogP contribution in [-0.2, 0) is 17.6 Å². The zero-order chi connectivity index (χ0) is 21.5. The monoisotopic (exact) mass is 428 g/mol. The van der Waals surface area contributed by atoms with Gasteiger partial charge >= 0.3 is 0 Å². The largest absolute Gasteiger partial charge is 0.352 e. The smallest absolute Gasteiger partial charge is 0.223 e. The van der Waals surface area contributed by atoms with Gasteiger partial charge in [-0.3, -0.25) is 4.79 Å². The molecule has 2 aromatic rings. The van der Waals surface area contributed by atoms with Crippen molar-refractivity contribution < 1.29 is 4.79 Å². The summed E-state index contributed by atoms with van der Waals surface area (Å²) in [7, 11) is 0. The fraction of sp³-hybridized carbons (Fsp3) is 0.708. The molecule has 6 heteroatoms. The van der Waals surface area contributed by atoms with E-state index in [1.165, 1.54) is 46.3 Å². The first-order valence-corrected chi connectivity index (χ1v) is 12.4. The molecule has 1 fully saturated rings. The second-order valence-corrected chi connectivity index (χ2v) is 11.5. The maximum absolute atomic E-state index is 12.7. The third kappa shape index (κ3) is 4.48. The molecule has 1 aliphatic heterocycles. The van der Waals surface area contributed by atoms with Crippen molar-refractivity contribution in [1.29, 1.82) is 0 Å². The number of fused-ring (bicyclic) bond motifs is 3. The van der Waals surface area contributed by atoms with Gasteiger partial charge in [0.05, 0.1) is 5.39 Å². The molecule has 0 spiro atoms. The quantitative estimate of drug-likeness (QED) is 0.633. The van der Waals surface area contributed by atoms with Crippen molar-refractivity contribution in [1.82, 2.24) is 14.9 Å².